The summed E-state index contributed by atoms with van der Waals surface area (Å²) < 4.78 is 2.15. The van der Waals surface area contributed by atoms with Crippen molar-refractivity contribution in [2.45, 2.75) is 13.3 Å². The van der Waals surface area contributed by atoms with Gasteiger partial charge in [-0.05, 0) is 18.2 Å². The second kappa shape index (κ2) is 5.47. The van der Waals surface area contributed by atoms with E-state index in [0.29, 0.717) is 0 Å². The zero-order valence-corrected chi connectivity index (χ0v) is 9.03. The average molecular weight is 175 g/mol. The number of amidine groups is 1. The highest BCUT2D eigenvalue weighted by Crippen LogP contribution is 2.06. The molecule has 0 unspecified atom stereocenters. The lowest BCUT2D eigenvalue weighted by Gasteiger charge is -2.09. The van der Waals surface area contributed by atoms with Gasteiger partial charge in [0, 0.05) is 5.75 Å². The molecule has 0 N–H and O–H groups in total. The van der Waals surface area contributed by atoms with Gasteiger partial charge in [-0.25, -0.2) is 0 Å². The van der Waals surface area contributed by atoms with Crippen LogP contribution in [-0.4, -0.2) is 48.6 Å². The van der Waals surface area contributed by atoms with Crippen LogP contribution >= 0.6 is 11.8 Å². The summed E-state index contributed by atoms with van der Waals surface area (Å²) in [6.07, 6.45) is 1.23. The summed E-state index contributed by atoms with van der Waals surface area (Å²) in [5.41, 5.74) is 0. The summed E-state index contributed by atoms with van der Waals surface area (Å²) in [6.45, 7) is 2.20. The number of hydrogen-bond acceptors (Lipinski definition) is 1. The van der Waals surface area contributed by atoms with Gasteiger partial charge >= 0.3 is 5.17 Å². The molecule has 0 bridgehead atoms. The Balaban J connectivity index is 4.03. The lowest BCUT2D eigenvalue weighted by molar-refractivity contribution is -0.466. The van der Waals surface area contributed by atoms with Gasteiger partial charge in [-0.2, -0.15) is 0 Å². The van der Waals surface area contributed by atoms with E-state index in [-0.39, 0.29) is 0 Å². The predicted molar refractivity (Wildman–Crippen MR) is 53.6 cm³/mol. The minimum Gasteiger partial charge on any atom is -0.262 e. The fourth-order valence-corrected chi connectivity index (χ4v) is 1.75. The monoisotopic (exact) mass is 175 g/mol. The third-order valence-electron chi connectivity index (χ3n) is 1.20. The molecule has 0 fully saturated rings. The topological polar surface area (TPSA) is 6.25 Å². The fraction of sp³-hybridized carbons (Fsp3) is 0.875. The Kier molecular flexibility index (Phi) is 5.38. The molecule has 0 aromatic rings. The van der Waals surface area contributed by atoms with Crippen molar-refractivity contribution in [3.05, 3.63) is 0 Å². The summed E-state index contributed by atoms with van der Waals surface area (Å²) >= 11 is 1.91. The molecule has 0 aliphatic carbocycles. The van der Waals surface area contributed by atoms with Crippen molar-refractivity contribution >= 4 is 16.9 Å². The maximum atomic E-state index is 2.20. The van der Waals surface area contributed by atoms with Gasteiger partial charge in [-0.3, -0.25) is 9.48 Å². The third-order valence-corrected chi connectivity index (χ3v) is 2.80. The van der Waals surface area contributed by atoms with Gasteiger partial charge in [-0.1, -0.05) is 6.92 Å². The zero-order chi connectivity index (χ0) is 8.85. The molecular weight excluding hydrogens is 156 g/mol. The SMILES string of the molecule is CCCSC(N(C)C)=[N+](C)C. The van der Waals surface area contributed by atoms with Crippen LogP contribution in [0.4, 0.5) is 0 Å². The zero-order valence-electron chi connectivity index (χ0n) is 8.22. The molecule has 0 saturated heterocycles. The molecule has 0 radical (unpaired) electrons. The van der Waals surface area contributed by atoms with Crippen LogP contribution in [-0.2, 0) is 0 Å². The summed E-state index contributed by atoms with van der Waals surface area (Å²) in [6, 6.07) is 0. The quantitative estimate of drug-likeness (QED) is 0.355. The fourth-order valence-electron chi connectivity index (χ4n) is 0.852. The Morgan fingerprint density at radius 3 is 2.18 bits per heavy atom. The van der Waals surface area contributed by atoms with Gasteiger partial charge in [0.1, 0.15) is 0 Å². The lowest BCUT2D eigenvalue weighted by Crippen LogP contribution is -2.26. The summed E-state index contributed by atoms with van der Waals surface area (Å²) in [5.74, 6) is 1.20. The van der Waals surface area contributed by atoms with Crippen molar-refractivity contribution < 1.29 is 4.58 Å². The highest BCUT2D eigenvalue weighted by atomic mass is 32.2. The van der Waals surface area contributed by atoms with Crippen LogP contribution in [0.1, 0.15) is 13.3 Å². The molecule has 3 heteroatoms. The second-order valence-corrected chi connectivity index (χ2v) is 3.98. The maximum absolute atomic E-state index is 2.20. The van der Waals surface area contributed by atoms with E-state index < -0.39 is 0 Å². The molecule has 11 heavy (non-hydrogen) atoms. The van der Waals surface area contributed by atoms with Crippen molar-refractivity contribution in [2.75, 3.05) is 33.9 Å². The first kappa shape index (κ1) is 10.8. The maximum Gasteiger partial charge on any atom is 0.307 e. The van der Waals surface area contributed by atoms with Crippen molar-refractivity contribution in [1.29, 1.82) is 0 Å². The van der Waals surface area contributed by atoms with Crippen LogP contribution in [0.15, 0.2) is 0 Å². The molecule has 0 heterocycles. The Labute approximate surface area is 74.3 Å². The molecule has 0 atom stereocenters. The van der Waals surface area contributed by atoms with Crippen LogP contribution < -0.4 is 0 Å². The normalized spacial score (nSPS) is 9.55. The first-order valence-corrected chi connectivity index (χ1v) is 4.92. The molecule has 0 aliphatic heterocycles. The molecule has 0 aromatic heterocycles. The Bertz CT molecular complexity index is 137. The predicted octanol–water partition coefficient (Wildman–Crippen LogP) is 1.32. The van der Waals surface area contributed by atoms with Crippen LogP contribution in [0, 0.1) is 0 Å². The van der Waals surface area contributed by atoms with E-state index in [1.807, 2.05) is 11.8 Å². The Morgan fingerprint density at radius 1 is 1.36 bits per heavy atom. The van der Waals surface area contributed by atoms with E-state index in [0.717, 1.165) is 0 Å². The summed E-state index contributed by atoms with van der Waals surface area (Å²) in [7, 11) is 8.33. The number of rotatable bonds is 2. The highest BCUT2D eigenvalue weighted by Gasteiger charge is 2.10. The minimum atomic E-state index is 1.20. The van der Waals surface area contributed by atoms with Crippen LogP contribution in [0.5, 0.6) is 0 Å². The summed E-state index contributed by atoms with van der Waals surface area (Å²) in [4.78, 5) is 2.15. The average Bonchev–Trinajstić information content (AvgIpc) is 1.87. The molecule has 0 saturated carbocycles. The van der Waals surface area contributed by atoms with Gasteiger partial charge in [-0.15, -0.1) is 0 Å². The van der Waals surface area contributed by atoms with E-state index in [9.17, 15) is 0 Å². The van der Waals surface area contributed by atoms with Crippen LogP contribution in [0.2, 0.25) is 0 Å². The largest absolute Gasteiger partial charge is 0.307 e. The Morgan fingerprint density at radius 2 is 1.91 bits per heavy atom. The van der Waals surface area contributed by atoms with Gasteiger partial charge in [0.15, 0.2) is 0 Å². The minimum absolute atomic E-state index is 1.20. The van der Waals surface area contributed by atoms with E-state index >= 15 is 0 Å². The molecule has 0 spiro atoms. The Hall–Kier alpha value is -0.180. The van der Waals surface area contributed by atoms with Gasteiger partial charge < -0.3 is 0 Å². The number of hydrogen-bond donors (Lipinski definition) is 0. The second-order valence-electron chi connectivity index (χ2n) is 2.92. The lowest BCUT2D eigenvalue weighted by atomic mass is 10.6. The first-order chi connectivity index (χ1) is 5.09. The van der Waals surface area contributed by atoms with E-state index in [2.05, 4.69) is 44.6 Å². The van der Waals surface area contributed by atoms with Gasteiger partial charge in [0.2, 0.25) is 0 Å². The first-order valence-electron chi connectivity index (χ1n) is 3.94. The van der Waals surface area contributed by atoms with Crippen molar-refractivity contribution in [2.24, 2.45) is 0 Å². The molecule has 66 valence electrons. The molecular formula is C8H19N2S+. The number of thioether (sulfide) groups is 1. The van der Waals surface area contributed by atoms with E-state index in [4.69, 9.17) is 0 Å². The summed E-state index contributed by atoms with van der Waals surface area (Å²) in [5, 5.41) is 1.33. The number of nitrogens with zero attached hydrogens (tertiary/aromatic N) is 2. The highest BCUT2D eigenvalue weighted by molar-refractivity contribution is 8.13. The molecule has 0 rings (SSSR count). The molecule has 0 aliphatic rings. The van der Waals surface area contributed by atoms with Crippen molar-refractivity contribution in [3.8, 4) is 0 Å². The van der Waals surface area contributed by atoms with Crippen molar-refractivity contribution in [1.82, 2.24) is 4.90 Å². The van der Waals surface area contributed by atoms with Gasteiger partial charge in [0.05, 0.1) is 28.2 Å². The van der Waals surface area contributed by atoms with E-state index in [1.54, 1.807) is 0 Å². The standard InChI is InChI=1S/C8H19N2S/c1-6-7-11-8(9(2)3)10(4)5/h6-7H2,1-5H3/q+1. The van der Waals surface area contributed by atoms with E-state index in [1.165, 1.54) is 17.3 Å². The van der Waals surface area contributed by atoms with Crippen molar-refractivity contribution in [3.63, 3.8) is 0 Å². The molecule has 0 aromatic carbocycles. The van der Waals surface area contributed by atoms with Gasteiger partial charge in [0.25, 0.3) is 0 Å². The molecule has 2 nitrogen and oxygen atoms in total. The smallest absolute Gasteiger partial charge is 0.262 e. The third kappa shape index (κ3) is 4.30. The van der Waals surface area contributed by atoms with Crippen LogP contribution in [0.3, 0.4) is 0 Å². The molecule has 0 amide bonds. The van der Waals surface area contributed by atoms with Crippen LogP contribution in [0.25, 0.3) is 0 Å².